The Morgan fingerprint density at radius 2 is 1.94 bits per heavy atom. The SMILES string of the molecule is O=C1CN(c2cc(F)cc(F)c2O)S(=O)(=O)[N-]1.[K+]. The van der Waals surface area contributed by atoms with Gasteiger partial charge in [-0.2, -0.15) is 0 Å². The van der Waals surface area contributed by atoms with Crippen LogP contribution in [0.1, 0.15) is 0 Å². The van der Waals surface area contributed by atoms with E-state index in [-0.39, 0.29) is 51.4 Å². The van der Waals surface area contributed by atoms with Gasteiger partial charge in [0.05, 0.1) is 18.1 Å². The molecule has 10 heteroatoms. The summed E-state index contributed by atoms with van der Waals surface area (Å²) in [6.45, 7) is -0.696. The fourth-order valence-corrected chi connectivity index (χ4v) is 2.44. The van der Waals surface area contributed by atoms with E-state index in [1.807, 2.05) is 0 Å². The molecule has 1 aromatic carbocycles. The summed E-state index contributed by atoms with van der Waals surface area (Å²) < 4.78 is 51.7. The monoisotopic (exact) mass is 302 g/mol. The van der Waals surface area contributed by atoms with Crippen molar-refractivity contribution in [3.05, 3.63) is 28.5 Å². The van der Waals surface area contributed by atoms with Crippen molar-refractivity contribution in [3.8, 4) is 5.75 Å². The number of phenols is 1. The number of hydrogen-bond donors (Lipinski definition) is 1. The zero-order chi connectivity index (χ0) is 12.8. The summed E-state index contributed by atoms with van der Waals surface area (Å²) in [4.78, 5) is 10.9. The van der Waals surface area contributed by atoms with Crippen LogP contribution < -0.4 is 55.7 Å². The number of nitrogens with zero attached hydrogens (tertiary/aromatic N) is 2. The van der Waals surface area contributed by atoms with Gasteiger partial charge in [-0.05, 0) is 0 Å². The maximum absolute atomic E-state index is 13.0. The number of phenolic OH excluding ortho intramolecular Hbond substituents is 1. The Balaban J connectivity index is 0.00000162. The number of amides is 1. The van der Waals surface area contributed by atoms with Crippen LogP contribution in [0.4, 0.5) is 14.5 Å². The molecule has 1 fully saturated rings. The van der Waals surface area contributed by atoms with E-state index in [2.05, 4.69) is 4.72 Å². The molecule has 1 aromatic rings. The maximum Gasteiger partial charge on any atom is 1.00 e. The van der Waals surface area contributed by atoms with E-state index in [9.17, 15) is 27.1 Å². The molecule has 0 unspecified atom stereocenters. The van der Waals surface area contributed by atoms with E-state index in [0.717, 1.165) is 0 Å². The van der Waals surface area contributed by atoms with Crippen molar-refractivity contribution >= 4 is 21.8 Å². The molecule has 92 valence electrons. The number of rotatable bonds is 1. The molecule has 1 aliphatic heterocycles. The van der Waals surface area contributed by atoms with Crippen molar-refractivity contribution in [2.45, 2.75) is 0 Å². The van der Waals surface area contributed by atoms with Crippen LogP contribution in [0.3, 0.4) is 0 Å². The third-order valence-corrected chi connectivity index (χ3v) is 3.37. The normalized spacial score (nSPS) is 17.2. The molecule has 18 heavy (non-hydrogen) atoms. The molecule has 0 bridgehead atoms. The second-order valence-electron chi connectivity index (χ2n) is 3.22. The Morgan fingerprint density at radius 3 is 2.44 bits per heavy atom. The van der Waals surface area contributed by atoms with Gasteiger partial charge in [0.25, 0.3) is 0 Å². The van der Waals surface area contributed by atoms with Gasteiger partial charge in [-0.3, -0.25) is 4.31 Å². The van der Waals surface area contributed by atoms with E-state index in [1.165, 1.54) is 0 Å². The molecule has 0 radical (unpaired) electrons. The second kappa shape index (κ2) is 5.39. The van der Waals surface area contributed by atoms with Crippen molar-refractivity contribution < 1.29 is 78.5 Å². The maximum atomic E-state index is 13.0. The summed E-state index contributed by atoms with van der Waals surface area (Å²) in [5.41, 5.74) is -0.655. The zero-order valence-electron chi connectivity index (χ0n) is 9.09. The summed E-state index contributed by atoms with van der Waals surface area (Å²) in [5, 5.41) is 9.30. The van der Waals surface area contributed by atoms with E-state index in [1.54, 1.807) is 0 Å². The predicted octanol–water partition coefficient (Wildman–Crippen LogP) is -2.36. The minimum Gasteiger partial charge on any atom is -0.526 e. The average Bonchev–Trinajstić information content (AvgIpc) is 2.45. The molecule has 1 heterocycles. The van der Waals surface area contributed by atoms with Gasteiger partial charge in [-0.15, -0.1) is 0 Å². The molecule has 1 amide bonds. The second-order valence-corrected chi connectivity index (χ2v) is 4.74. The van der Waals surface area contributed by atoms with Gasteiger partial charge in [0, 0.05) is 12.1 Å². The topological polar surface area (TPSA) is 88.8 Å². The largest absolute Gasteiger partial charge is 1.00 e. The Hall–Kier alpha value is -0.264. The Kier molecular flexibility index (Phi) is 4.73. The van der Waals surface area contributed by atoms with Gasteiger partial charge in [-0.1, -0.05) is 0 Å². The Labute approximate surface area is 144 Å². The third kappa shape index (κ3) is 2.83. The first kappa shape index (κ1) is 15.8. The summed E-state index contributed by atoms with van der Waals surface area (Å²) >= 11 is 0. The number of carbonyl (C=O) groups excluding carboxylic acids is 1. The first-order chi connectivity index (χ1) is 7.81. The van der Waals surface area contributed by atoms with Crippen molar-refractivity contribution in [2.75, 3.05) is 10.8 Å². The van der Waals surface area contributed by atoms with E-state index >= 15 is 0 Å². The van der Waals surface area contributed by atoms with Gasteiger partial charge in [-0.25, -0.2) is 17.2 Å². The molecule has 0 saturated carbocycles. The molecule has 6 nitrogen and oxygen atoms in total. The fourth-order valence-electron chi connectivity index (χ4n) is 1.36. The van der Waals surface area contributed by atoms with Crippen LogP contribution in [0.5, 0.6) is 5.75 Å². The van der Waals surface area contributed by atoms with Crippen LogP contribution in [-0.2, 0) is 15.0 Å². The zero-order valence-corrected chi connectivity index (χ0v) is 13.0. The van der Waals surface area contributed by atoms with Crippen molar-refractivity contribution in [2.24, 2.45) is 0 Å². The number of halogens is 2. The average molecular weight is 302 g/mol. The number of anilines is 1. The van der Waals surface area contributed by atoms with E-state index in [4.69, 9.17) is 0 Å². The van der Waals surface area contributed by atoms with Crippen LogP contribution in [0, 0.1) is 11.6 Å². The molecule has 2 rings (SSSR count). The molecule has 1 saturated heterocycles. The summed E-state index contributed by atoms with van der Waals surface area (Å²) in [7, 11) is -4.33. The Bertz CT molecular complexity index is 607. The van der Waals surface area contributed by atoms with Crippen LogP contribution >= 0.6 is 0 Å². The Morgan fingerprint density at radius 1 is 1.33 bits per heavy atom. The van der Waals surface area contributed by atoms with E-state index < -0.39 is 45.7 Å². The first-order valence-corrected chi connectivity index (χ1v) is 5.67. The van der Waals surface area contributed by atoms with Gasteiger partial charge in [0.15, 0.2) is 21.8 Å². The van der Waals surface area contributed by atoms with Crippen LogP contribution in [0.25, 0.3) is 4.72 Å². The van der Waals surface area contributed by atoms with Gasteiger partial charge < -0.3 is 14.6 Å². The smallest absolute Gasteiger partial charge is 0.526 e. The summed E-state index contributed by atoms with van der Waals surface area (Å²) in [5.74, 6) is -4.44. The van der Waals surface area contributed by atoms with Crippen LogP contribution in [0.15, 0.2) is 12.1 Å². The number of aromatic hydroxyl groups is 1. The third-order valence-electron chi connectivity index (χ3n) is 2.05. The van der Waals surface area contributed by atoms with Crippen molar-refractivity contribution in [3.63, 3.8) is 0 Å². The van der Waals surface area contributed by atoms with Crippen LogP contribution in [-0.4, -0.2) is 26.0 Å². The molecule has 0 aromatic heterocycles. The molecule has 0 aliphatic carbocycles. The minimum atomic E-state index is -4.33. The standard InChI is InChI=1S/C8H6F2N2O4S.K/c9-4-1-5(10)8(14)6(2-4)12-3-7(13)11-17(12,15)16;/h1-2H,3H2,(H2,11,13,14);/q;+1/p-1. The molecule has 1 aliphatic rings. The molecular weight excluding hydrogens is 297 g/mol. The van der Waals surface area contributed by atoms with Gasteiger partial charge in [0.1, 0.15) is 5.82 Å². The minimum absolute atomic E-state index is 0. The summed E-state index contributed by atoms with van der Waals surface area (Å²) in [6.07, 6.45) is 0. The molecule has 1 N–H and O–H groups in total. The molecule has 0 atom stereocenters. The summed E-state index contributed by atoms with van der Waals surface area (Å²) in [6, 6.07) is 0.991. The van der Waals surface area contributed by atoms with Gasteiger partial charge in [0.2, 0.25) is 0 Å². The fraction of sp³-hybridized carbons (Fsp3) is 0.125. The van der Waals surface area contributed by atoms with Crippen molar-refractivity contribution in [1.82, 2.24) is 0 Å². The van der Waals surface area contributed by atoms with Gasteiger partial charge >= 0.3 is 51.4 Å². The van der Waals surface area contributed by atoms with Crippen molar-refractivity contribution in [1.29, 1.82) is 0 Å². The molecule has 0 spiro atoms. The first-order valence-electron chi connectivity index (χ1n) is 4.28. The quantitative estimate of drug-likeness (QED) is 0.588. The van der Waals surface area contributed by atoms with E-state index in [0.29, 0.717) is 16.4 Å². The number of hydrogen-bond acceptors (Lipinski definition) is 4. The number of carbonyl (C=O) groups is 1. The number of benzene rings is 1. The van der Waals surface area contributed by atoms with Crippen LogP contribution in [0.2, 0.25) is 0 Å². The predicted molar refractivity (Wildman–Crippen MR) is 52.7 cm³/mol. The molecular formula is C8H5F2KN2O4S.